The molecule has 4 rings (SSSR count). The predicted octanol–water partition coefficient (Wildman–Crippen LogP) is 3.49. The minimum Gasteiger partial charge on any atom is -0.497 e. The predicted molar refractivity (Wildman–Crippen MR) is 98.1 cm³/mol. The minimum atomic E-state index is -4.34. The summed E-state index contributed by atoms with van der Waals surface area (Å²) in [7, 11) is 1.64. The van der Waals surface area contributed by atoms with E-state index in [1.165, 1.54) is 6.33 Å². The van der Waals surface area contributed by atoms with E-state index in [2.05, 4.69) is 20.3 Å². The Hall–Kier alpha value is -2.29. The van der Waals surface area contributed by atoms with Gasteiger partial charge < -0.3 is 10.1 Å². The maximum atomic E-state index is 13.5. The van der Waals surface area contributed by atoms with Gasteiger partial charge in [0.25, 0.3) is 0 Å². The third-order valence-electron chi connectivity index (χ3n) is 5.69. The first kappa shape index (κ1) is 19.0. The molecule has 1 fully saturated rings. The van der Waals surface area contributed by atoms with Gasteiger partial charge in [-0.05, 0) is 49.4 Å². The molecule has 1 N–H and O–H groups in total. The molecule has 152 valence electrons. The number of rotatable bonds is 4. The zero-order valence-corrected chi connectivity index (χ0v) is 15.7. The Bertz CT molecular complexity index is 809. The van der Waals surface area contributed by atoms with Crippen LogP contribution in [0, 0.1) is 5.92 Å². The van der Waals surface area contributed by atoms with E-state index in [4.69, 9.17) is 4.74 Å². The number of halogens is 3. The number of likely N-dealkylation sites (tertiary alicyclic amines) is 1. The van der Waals surface area contributed by atoms with Crippen LogP contribution in [0.5, 0.6) is 5.75 Å². The van der Waals surface area contributed by atoms with Crippen molar-refractivity contribution in [3.63, 3.8) is 0 Å². The number of nitrogens with zero attached hydrogens (tertiary/aromatic N) is 4. The molecule has 0 radical (unpaired) electrons. The number of alkyl halides is 3. The van der Waals surface area contributed by atoms with Crippen molar-refractivity contribution in [1.82, 2.24) is 19.7 Å². The number of anilines is 1. The number of piperidine rings is 1. The molecule has 2 aliphatic heterocycles. The molecule has 1 saturated heterocycles. The van der Waals surface area contributed by atoms with Crippen molar-refractivity contribution in [2.24, 2.45) is 5.92 Å². The Morgan fingerprint density at radius 3 is 2.96 bits per heavy atom. The standard InChI is InChI=1S/C19H24F3N5O/c1-28-15-6-2-4-13(8-15)10-26-7-3-5-14(11-26)16-9-17(19(20,21)22)27-18(25-16)23-12-24-27/h2,4,6,8,12,14,16-17H,3,5,7,9-11H2,1H3,(H,23,24,25)/t14-,16-,17+/m0/s1. The van der Waals surface area contributed by atoms with Crippen LogP contribution in [0.4, 0.5) is 19.1 Å². The Morgan fingerprint density at radius 1 is 1.32 bits per heavy atom. The van der Waals surface area contributed by atoms with Crippen LogP contribution in [0.25, 0.3) is 0 Å². The van der Waals surface area contributed by atoms with Gasteiger partial charge in [0, 0.05) is 19.1 Å². The lowest BCUT2D eigenvalue weighted by Gasteiger charge is -2.41. The summed E-state index contributed by atoms with van der Waals surface area (Å²) in [6.45, 7) is 2.46. The molecule has 0 unspecified atom stereocenters. The van der Waals surface area contributed by atoms with Crippen molar-refractivity contribution in [2.75, 3.05) is 25.5 Å². The van der Waals surface area contributed by atoms with Crippen molar-refractivity contribution in [3.8, 4) is 5.75 Å². The molecular weight excluding hydrogens is 371 g/mol. The molecule has 0 bridgehead atoms. The van der Waals surface area contributed by atoms with Gasteiger partial charge in [-0.15, -0.1) is 0 Å². The molecule has 0 spiro atoms. The van der Waals surface area contributed by atoms with Crippen LogP contribution in [0.1, 0.15) is 30.9 Å². The zero-order chi connectivity index (χ0) is 19.7. The average Bonchev–Trinajstić information content (AvgIpc) is 3.15. The summed E-state index contributed by atoms with van der Waals surface area (Å²) in [6.07, 6.45) is -1.30. The van der Waals surface area contributed by atoms with Crippen LogP contribution in [0.3, 0.4) is 0 Å². The van der Waals surface area contributed by atoms with Gasteiger partial charge in [-0.25, -0.2) is 4.68 Å². The Balaban J connectivity index is 1.46. The summed E-state index contributed by atoms with van der Waals surface area (Å²) >= 11 is 0. The van der Waals surface area contributed by atoms with Crippen molar-refractivity contribution >= 4 is 5.95 Å². The fourth-order valence-corrected chi connectivity index (χ4v) is 4.32. The number of methoxy groups -OCH3 is 1. The van der Waals surface area contributed by atoms with Gasteiger partial charge in [-0.2, -0.15) is 23.3 Å². The quantitative estimate of drug-likeness (QED) is 0.859. The highest BCUT2D eigenvalue weighted by Crippen LogP contribution is 2.40. The van der Waals surface area contributed by atoms with Gasteiger partial charge in [0.2, 0.25) is 5.95 Å². The lowest BCUT2D eigenvalue weighted by Crippen LogP contribution is -2.47. The van der Waals surface area contributed by atoms with Gasteiger partial charge >= 0.3 is 6.18 Å². The highest BCUT2D eigenvalue weighted by molar-refractivity contribution is 5.30. The molecule has 3 heterocycles. The fraction of sp³-hybridized carbons (Fsp3) is 0.579. The van der Waals surface area contributed by atoms with Crippen LogP contribution < -0.4 is 10.1 Å². The largest absolute Gasteiger partial charge is 0.497 e. The third-order valence-corrected chi connectivity index (χ3v) is 5.69. The molecule has 6 nitrogen and oxygen atoms in total. The molecular formula is C19H24F3N5O. The van der Waals surface area contributed by atoms with Crippen LogP contribution in [0.15, 0.2) is 30.6 Å². The topological polar surface area (TPSA) is 55.2 Å². The van der Waals surface area contributed by atoms with E-state index in [-0.39, 0.29) is 24.3 Å². The first-order valence-corrected chi connectivity index (χ1v) is 9.52. The Morgan fingerprint density at radius 2 is 2.18 bits per heavy atom. The van der Waals surface area contributed by atoms with Gasteiger partial charge in [-0.3, -0.25) is 4.90 Å². The molecule has 0 amide bonds. The smallest absolute Gasteiger partial charge is 0.411 e. The van der Waals surface area contributed by atoms with Crippen LogP contribution in [-0.2, 0) is 6.54 Å². The molecule has 1 aromatic heterocycles. The van der Waals surface area contributed by atoms with Gasteiger partial charge in [0.05, 0.1) is 7.11 Å². The van der Waals surface area contributed by atoms with E-state index in [9.17, 15) is 13.2 Å². The second kappa shape index (κ2) is 7.62. The maximum absolute atomic E-state index is 13.5. The first-order chi connectivity index (χ1) is 13.4. The van der Waals surface area contributed by atoms with Crippen molar-refractivity contribution in [1.29, 1.82) is 0 Å². The molecule has 3 atom stereocenters. The molecule has 9 heteroatoms. The Labute approximate surface area is 161 Å². The summed E-state index contributed by atoms with van der Waals surface area (Å²) in [5.41, 5.74) is 1.14. The number of hydrogen-bond acceptors (Lipinski definition) is 5. The minimum absolute atomic E-state index is 0.0163. The highest BCUT2D eigenvalue weighted by atomic mass is 19.4. The van der Waals surface area contributed by atoms with E-state index < -0.39 is 12.2 Å². The monoisotopic (exact) mass is 395 g/mol. The van der Waals surface area contributed by atoms with Crippen molar-refractivity contribution < 1.29 is 17.9 Å². The second-order valence-corrected chi connectivity index (χ2v) is 7.56. The van der Waals surface area contributed by atoms with Gasteiger partial charge in [0.15, 0.2) is 6.04 Å². The average molecular weight is 395 g/mol. The van der Waals surface area contributed by atoms with Crippen molar-refractivity contribution in [2.45, 2.75) is 44.1 Å². The number of nitrogens with one attached hydrogen (secondary N) is 1. The van der Waals surface area contributed by atoms with Gasteiger partial charge in [0.1, 0.15) is 12.1 Å². The molecule has 2 aliphatic rings. The fourth-order valence-electron chi connectivity index (χ4n) is 4.32. The summed E-state index contributed by atoms with van der Waals surface area (Å²) in [5, 5.41) is 6.97. The van der Waals surface area contributed by atoms with E-state index in [0.717, 1.165) is 48.5 Å². The number of benzene rings is 1. The lowest BCUT2D eigenvalue weighted by molar-refractivity contribution is -0.174. The van der Waals surface area contributed by atoms with Crippen LogP contribution in [0.2, 0.25) is 0 Å². The summed E-state index contributed by atoms with van der Waals surface area (Å²) in [4.78, 5) is 6.30. The molecule has 0 aliphatic carbocycles. The third kappa shape index (κ3) is 3.94. The number of ether oxygens (including phenoxy) is 1. The molecule has 0 saturated carbocycles. The van der Waals surface area contributed by atoms with Crippen LogP contribution >= 0.6 is 0 Å². The number of aromatic nitrogens is 3. The summed E-state index contributed by atoms with van der Waals surface area (Å²) < 4.78 is 46.9. The van der Waals surface area contributed by atoms with E-state index in [1.54, 1.807) is 7.11 Å². The first-order valence-electron chi connectivity index (χ1n) is 9.52. The lowest BCUT2D eigenvalue weighted by atomic mass is 9.86. The van der Waals surface area contributed by atoms with E-state index >= 15 is 0 Å². The molecule has 28 heavy (non-hydrogen) atoms. The molecule has 2 aromatic rings. The molecule has 1 aromatic carbocycles. The van der Waals surface area contributed by atoms with Gasteiger partial charge in [-0.1, -0.05) is 12.1 Å². The Kier molecular flexibility index (Phi) is 5.18. The number of fused-ring (bicyclic) bond motifs is 1. The zero-order valence-electron chi connectivity index (χ0n) is 15.7. The van der Waals surface area contributed by atoms with E-state index in [0.29, 0.717) is 0 Å². The van der Waals surface area contributed by atoms with E-state index in [1.807, 2.05) is 24.3 Å². The second-order valence-electron chi connectivity index (χ2n) is 7.56. The SMILES string of the molecule is COc1cccc(CN2CCC[C@H]([C@@H]3C[C@H](C(F)(F)F)n4ncnc4N3)C2)c1. The van der Waals surface area contributed by atoms with Crippen LogP contribution in [-0.4, -0.2) is 52.1 Å². The number of hydrogen-bond donors (Lipinski definition) is 1. The van der Waals surface area contributed by atoms with Crippen molar-refractivity contribution in [3.05, 3.63) is 36.2 Å². The summed E-state index contributed by atoms with van der Waals surface area (Å²) in [5.74, 6) is 1.16. The maximum Gasteiger partial charge on any atom is 0.411 e. The summed E-state index contributed by atoms with van der Waals surface area (Å²) in [6, 6.07) is 6.03. The highest BCUT2D eigenvalue weighted by Gasteiger charge is 2.48. The normalized spacial score (nSPS) is 25.8.